The Morgan fingerprint density at radius 1 is 1.02 bits per heavy atom. The molecule has 1 atom stereocenters. The zero-order valence-corrected chi connectivity index (χ0v) is 31.3. The van der Waals surface area contributed by atoms with E-state index in [1.54, 1.807) is 24.4 Å². The van der Waals surface area contributed by atoms with Crippen molar-refractivity contribution in [3.8, 4) is 11.7 Å². The standard InChI is InChI=1S/C36H46ClN7O6S/c1-33(2,3)50-32(46)44-23(13-15-34(44,4)5)8-7-20-38-26-9-6-10-29(39-26)51(47,48)42-31(45)24-11-12-27(40-30(24)37)43-21-14-28(41-43)49-22-25-35(16-17-35)36(25)18-19-36/h6,9-12,14,21,23,25H,7-8,13,15-20,22H2,1-5H3,(H,38,39)(H,42,45). The van der Waals surface area contributed by atoms with Crippen LogP contribution in [0.2, 0.25) is 5.15 Å². The normalized spacial score (nSPS) is 21.1. The molecule has 13 nitrogen and oxygen atoms in total. The van der Waals surface area contributed by atoms with E-state index in [4.69, 9.17) is 21.1 Å². The Kier molecular flexibility index (Phi) is 8.80. The van der Waals surface area contributed by atoms with E-state index in [0.717, 1.165) is 19.3 Å². The maximum Gasteiger partial charge on any atom is 0.410 e. The highest BCUT2D eigenvalue weighted by molar-refractivity contribution is 7.90. The van der Waals surface area contributed by atoms with Gasteiger partial charge in [-0.25, -0.2) is 24.2 Å². The zero-order chi connectivity index (χ0) is 36.4. The number of aromatic nitrogens is 4. The SMILES string of the molecule is CC(C)(C)OC(=O)N1C(CCCNc2cccc(S(=O)(=O)NC(=O)c3ccc(-n4ccc(OCC5C6(CC6)C56CC6)n4)nc3Cl)n2)CCC1(C)C. The number of carbonyl (C=O) groups is 2. The number of sulfonamides is 1. The van der Waals surface area contributed by atoms with E-state index in [1.165, 1.54) is 48.6 Å². The first-order valence-corrected chi connectivity index (χ1v) is 19.6. The van der Waals surface area contributed by atoms with Gasteiger partial charge in [0.1, 0.15) is 16.6 Å². The molecule has 15 heteroatoms. The second-order valence-corrected chi connectivity index (χ2v) is 18.0. The third-order valence-corrected chi connectivity index (χ3v) is 12.6. The van der Waals surface area contributed by atoms with Crippen LogP contribution in [0.4, 0.5) is 10.6 Å². The topological polar surface area (TPSA) is 158 Å². The predicted octanol–water partition coefficient (Wildman–Crippen LogP) is 6.37. The van der Waals surface area contributed by atoms with Crippen molar-refractivity contribution in [3.63, 3.8) is 0 Å². The van der Waals surface area contributed by atoms with Crippen molar-refractivity contribution in [2.75, 3.05) is 18.5 Å². The van der Waals surface area contributed by atoms with Crippen LogP contribution >= 0.6 is 11.6 Å². The van der Waals surface area contributed by atoms with Crippen LogP contribution in [0.1, 0.15) is 96.3 Å². The van der Waals surface area contributed by atoms with Crippen molar-refractivity contribution < 1.29 is 27.5 Å². The van der Waals surface area contributed by atoms with Crippen LogP contribution < -0.4 is 14.8 Å². The second-order valence-electron chi connectivity index (χ2n) is 16.0. The number of rotatable bonds is 12. The molecule has 0 aromatic carbocycles. The number of amides is 2. The average molecular weight is 740 g/mol. The van der Waals surface area contributed by atoms with Crippen LogP contribution in [0.3, 0.4) is 0 Å². The molecule has 7 rings (SSSR count). The zero-order valence-electron chi connectivity index (χ0n) is 29.7. The molecule has 3 aromatic heterocycles. The van der Waals surface area contributed by atoms with Crippen molar-refractivity contribution in [2.45, 2.75) is 108 Å². The molecule has 1 unspecified atom stereocenters. The van der Waals surface area contributed by atoms with E-state index in [-0.39, 0.29) is 33.4 Å². The summed E-state index contributed by atoms with van der Waals surface area (Å²) in [6.07, 6.45) is 9.88. The third-order valence-electron chi connectivity index (χ3n) is 11.0. The molecule has 3 aliphatic carbocycles. The van der Waals surface area contributed by atoms with Gasteiger partial charge in [0.2, 0.25) is 5.88 Å². The molecule has 0 bridgehead atoms. The molecule has 2 N–H and O–H groups in total. The van der Waals surface area contributed by atoms with Gasteiger partial charge in [0.05, 0.1) is 12.2 Å². The highest BCUT2D eigenvalue weighted by atomic mass is 35.5. The Hall–Kier alpha value is -3.91. The van der Waals surface area contributed by atoms with Gasteiger partial charge >= 0.3 is 6.09 Å². The van der Waals surface area contributed by atoms with Crippen LogP contribution in [0.5, 0.6) is 5.88 Å². The van der Waals surface area contributed by atoms with Gasteiger partial charge in [-0.2, -0.15) is 8.42 Å². The van der Waals surface area contributed by atoms with Crippen LogP contribution in [-0.2, 0) is 14.8 Å². The van der Waals surface area contributed by atoms with Gasteiger partial charge < -0.3 is 19.7 Å². The number of halogens is 1. The van der Waals surface area contributed by atoms with E-state index in [9.17, 15) is 18.0 Å². The summed E-state index contributed by atoms with van der Waals surface area (Å²) in [5, 5.41) is 7.11. The molecule has 2 amide bonds. The van der Waals surface area contributed by atoms with Crippen molar-refractivity contribution in [1.82, 2.24) is 29.4 Å². The molecule has 274 valence electrons. The average Bonchev–Trinajstić information content (AvgIpc) is 4.00. The van der Waals surface area contributed by atoms with Gasteiger partial charge in [0.15, 0.2) is 10.8 Å². The van der Waals surface area contributed by atoms with Crippen LogP contribution in [0, 0.1) is 16.7 Å². The Morgan fingerprint density at radius 2 is 1.75 bits per heavy atom. The lowest BCUT2D eigenvalue weighted by molar-refractivity contribution is 0.00293. The van der Waals surface area contributed by atoms with Crippen molar-refractivity contribution in [1.29, 1.82) is 0 Å². The maximum absolute atomic E-state index is 13.2. The van der Waals surface area contributed by atoms with E-state index in [1.807, 2.05) is 30.4 Å². The lowest BCUT2D eigenvalue weighted by Crippen LogP contribution is -2.49. The molecule has 51 heavy (non-hydrogen) atoms. The first-order valence-electron chi connectivity index (χ1n) is 17.7. The highest BCUT2D eigenvalue weighted by Crippen LogP contribution is 2.92. The van der Waals surface area contributed by atoms with Crippen molar-refractivity contribution >= 4 is 39.4 Å². The summed E-state index contributed by atoms with van der Waals surface area (Å²) in [7, 11) is -4.34. The number of fused-ring (bicyclic) bond motifs is 1. The van der Waals surface area contributed by atoms with Gasteiger partial charge in [-0.15, -0.1) is 5.10 Å². The highest BCUT2D eigenvalue weighted by Gasteiger charge is 2.86. The molecule has 3 saturated carbocycles. The van der Waals surface area contributed by atoms with Gasteiger partial charge in [0, 0.05) is 36.3 Å². The molecular weight excluding hydrogens is 694 g/mol. The largest absolute Gasteiger partial charge is 0.476 e. The van der Waals surface area contributed by atoms with Crippen molar-refractivity contribution in [3.05, 3.63) is 53.3 Å². The number of nitrogens with zero attached hydrogens (tertiary/aromatic N) is 5. The fraction of sp³-hybridized carbons (Fsp3) is 0.583. The molecule has 2 spiro atoms. The molecule has 1 aliphatic heterocycles. The number of likely N-dealkylation sites (tertiary alicyclic amines) is 1. The van der Waals surface area contributed by atoms with Crippen LogP contribution in [0.15, 0.2) is 47.6 Å². The van der Waals surface area contributed by atoms with Gasteiger partial charge in [-0.1, -0.05) is 17.7 Å². The first-order chi connectivity index (χ1) is 24.0. The molecular formula is C36H46ClN7O6S. The maximum atomic E-state index is 13.2. The Labute approximate surface area is 303 Å². The number of hydrogen-bond acceptors (Lipinski definition) is 10. The summed E-state index contributed by atoms with van der Waals surface area (Å²) < 4.78 is 41.6. The monoisotopic (exact) mass is 739 g/mol. The quantitative estimate of drug-likeness (QED) is 0.158. The number of nitrogens with one attached hydrogen (secondary N) is 2. The number of pyridine rings is 2. The van der Waals surface area contributed by atoms with E-state index >= 15 is 0 Å². The second kappa shape index (κ2) is 12.6. The Bertz CT molecular complexity index is 1930. The minimum atomic E-state index is -4.34. The van der Waals surface area contributed by atoms with E-state index < -0.39 is 21.5 Å². The molecule has 4 aliphatic rings. The minimum absolute atomic E-state index is 0.0367. The molecule has 0 radical (unpaired) electrons. The minimum Gasteiger partial charge on any atom is -0.476 e. The molecule has 3 aromatic rings. The summed E-state index contributed by atoms with van der Waals surface area (Å²) in [5.41, 5.74) is 0.0986. The summed E-state index contributed by atoms with van der Waals surface area (Å²) in [6.45, 7) is 10.8. The Balaban J connectivity index is 0.913. The van der Waals surface area contributed by atoms with Gasteiger partial charge in [-0.3, -0.25) is 4.79 Å². The summed E-state index contributed by atoms with van der Waals surface area (Å²) in [6, 6.07) is 9.23. The molecule has 4 fully saturated rings. The van der Waals surface area contributed by atoms with Crippen molar-refractivity contribution in [2.24, 2.45) is 16.7 Å². The Morgan fingerprint density at radius 3 is 2.41 bits per heavy atom. The van der Waals surface area contributed by atoms with Gasteiger partial charge in [0.25, 0.3) is 15.9 Å². The lowest BCUT2D eigenvalue weighted by Gasteiger charge is -2.37. The summed E-state index contributed by atoms with van der Waals surface area (Å²) in [5.74, 6) is 0.874. The summed E-state index contributed by atoms with van der Waals surface area (Å²) in [4.78, 5) is 36.4. The summed E-state index contributed by atoms with van der Waals surface area (Å²) >= 11 is 6.36. The fourth-order valence-corrected chi connectivity index (χ4v) is 9.38. The lowest BCUT2D eigenvalue weighted by atomic mass is 10.0. The van der Waals surface area contributed by atoms with Crippen LogP contribution in [-0.4, -0.2) is 75.4 Å². The number of carbonyl (C=O) groups excluding carboxylic acids is 2. The van der Waals surface area contributed by atoms with Gasteiger partial charge in [-0.05, 0) is 121 Å². The molecule has 4 heterocycles. The smallest absolute Gasteiger partial charge is 0.410 e. The predicted molar refractivity (Wildman–Crippen MR) is 190 cm³/mol. The number of ether oxygens (including phenoxy) is 2. The third kappa shape index (κ3) is 7.01. The fourth-order valence-electron chi connectivity index (χ4n) is 8.21. The van der Waals surface area contributed by atoms with Crippen LogP contribution in [0.25, 0.3) is 5.82 Å². The van der Waals surface area contributed by atoms with E-state index in [2.05, 4.69) is 34.2 Å². The molecule has 1 saturated heterocycles. The van der Waals surface area contributed by atoms with E-state index in [0.29, 0.717) is 53.8 Å². The first kappa shape index (κ1) is 35.5. The number of hydrogen-bond donors (Lipinski definition) is 2. The number of anilines is 1.